The Hall–Kier alpha value is -1.69. The summed E-state index contributed by atoms with van der Waals surface area (Å²) < 4.78 is 25.9. The van der Waals surface area contributed by atoms with Gasteiger partial charge in [-0.1, -0.05) is 60.7 Å². The number of benzene rings is 2. The molecule has 114 valence electrons. The summed E-state index contributed by atoms with van der Waals surface area (Å²) in [4.78, 5) is 2.32. The molecule has 2 rings (SSSR count). The maximum Gasteiger partial charge on any atom is 0.261 e. The average Bonchev–Trinajstić information content (AvgIpc) is 2.39. The van der Waals surface area contributed by atoms with Crippen molar-refractivity contribution >= 4 is 10.1 Å². The molecule has 0 fully saturated rings. The Morgan fingerprint density at radius 3 is 1.43 bits per heavy atom. The van der Waals surface area contributed by atoms with E-state index in [9.17, 15) is 8.42 Å². The highest BCUT2D eigenvalue weighted by Crippen LogP contribution is 2.07. The molecule has 0 spiro atoms. The van der Waals surface area contributed by atoms with Crippen LogP contribution in [-0.4, -0.2) is 31.2 Å². The summed E-state index contributed by atoms with van der Waals surface area (Å²) in [5.41, 5.74) is 2.72. The number of hydrogen-bond donors (Lipinski definition) is 1. The van der Waals surface area contributed by atoms with Crippen molar-refractivity contribution in [2.24, 2.45) is 0 Å². The monoisotopic (exact) mass is 307 g/mol. The van der Waals surface area contributed by atoms with Gasteiger partial charge in [0.25, 0.3) is 10.1 Å². The maximum absolute atomic E-state index is 9.19. The summed E-state index contributed by atoms with van der Waals surface area (Å²) in [5.74, 6) is 0. The van der Waals surface area contributed by atoms with E-state index in [-0.39, 0.29) is 0 Å². The first-order valence-electron chi connectivity index (χ1n) is 6.53. The van der Waals surface area contributed by atoms with E-state index in [1.54, 1.807) is 0 Å². The molecule has 0 saturated heterocycles. The highest BCUT2D eigenvalue weighted by molar-refractivity contribution is 7.85. The Labute approximate surface area is 126 Å². The van der Waals surface area contributed by atoms with Gasteiger partial charge in [-0.3, -0.25) is 9.45 Å². The normalized spacial score (nSPS) is 10.9. The minimum atomic E-state index is -3.67. The van der Waals surface area contributed by atoms with Crippen LogP contribution in [0.25, 0.3) is 0 Å². The van der Waals surface area contributed by atoms with Crippen LogP contribution >= 0.6 is 0 Å². The average molecular weight is 307 g/mol. The van der Waals surface area contributed by atoms with Gasteiger partial charge < -0.3 is 0 Å². The minimum absolute atomic E-state index is 0.715. The van der Waals surface area contributed by atoms with Crippen LogP contribution in [0, 0.1) is 0 Å². The van der Waals surface area contributed by atoms with Crippen molar-refractivity contribution < 1.29 is 13.0 Å². The lowest BCUT2D eigenvalue weighted by Gasteiger charge is -2.16. The second-order valence-electron chi connectivity index (χ2n) is 4.88. The lowest BCUT2D eigenvalue weighted by atomic mass is 10.2. The second kappa shape index (κ2) is 8.56. The third kappa shape index (κ3) is 9.79. The van der Waals surface area contributed by atoms with E-state index >= 15 is 0 Å². The van der Waals surface area contributed by atoms with Gasteiger partial charge in [0.15, 0.2) is 0 Å². The van der Waals surface area contributed by atoms with E-state index in [1.807, 2.05) is 0 Å². The topological polar surface area (TPSA) is 57.6 Å². The van der Waals surface area contributed by atoms with Gasteiger partial charge in [-0.05, 0) is 18.2 Å². The van der Waals surface area contributed by atoms with E-state index in [4.69, 9.17) is 4.55 Å². The quantitative estimate of drug-likeness (QED) is 0.883. The zero-order valence-electron chi connectivity index (χ0n) is 12.3. The Morgan fingerprint density at radius 2 is 1.14 bits per heavy atom. The van der Waals surface area contributed by atoms with E-state index in [0.29, 0.717) is 6.26 Å². The Balaban J connectivity index is 0.000000383. The molecule has 5 heteroatoms. The van der Waals surface area contributed by atoms with Gasteiger partial charge in [0.1, 0.15) is 0 Å². The highest BCUT2D eigenvalue weighted by atomic mass is 32.2. The number of rotatable bonds is 4. The van der Waals surface area contributed by atoms with Crippen molar-refractivity contribution in [2.45, 2.75) is 13.1 Å². The first-order valence-corrected chi connectivity index (χ1v) is 8.38. The minimum Gasteiger partial charge on any atom is -0.298 e. The predicted octanol–water partition coefficient (Wildman–Crippen LogP) is 2.82. The summed E-state index contributed by atoms with van der Waals surface area (Å²) in [6.07, 6.45) is 0.715. The molecule has 21 heavy (non-hydrogen) atoms. The Kier molecular flexibility index (Phi) is 7.08. The molecule has 0 aliphatic rings. The van der Waals surface area contributed by atoms with Gasteiger partial charge in [0, 0.05) is 13.1 Å². The fourth-order valence-corrected chi connectivity index (χ4v) is 1.85. The second-order valence-corrected chi connectivity index (χ2v) is 6.34. The molecule has 2 aromatic rings. The Morgan fingerprint density at radius 1 is 0.857 bits per heavy atom. The zero-order chi connectivity index (χ0) is 15.7. The number of nitrogens with zero attached hydrogens (tertiary/aromatic N) is 1. The van der Waals surface area contributed by atoms with Crippen molar-refractivity contribution in [2.75, 3.05) is 13.3 Å². The molecule has 0 unspecified atom stereocenters. The first-order chi connectivity index (χ1) is 9.84. The van der Waals surface area contributed by atoms with Crippen molar-refractivity contribution in [3.05, 3.63) is 71.8 Å². The van der Waals surface area contributed by atoms with Gasteiger partial charge in [-0.25, -0.2) is 0 Å². The molecular weight excluding hydrogens is 286 g/mol. The fourth-order valence-electron chi connectivity index (χ4n) is 1.85. The van der Waals surface area contributed by atoms with Gasteiger partial charge in [-0.2, -0.15) is 8.42 Å². The largest absolute Gasteiger partial charge is 0.298 e. The van der Waals surface area contributed by atoms with Crippen molar-refractivity contribution in [3.63, 3.8) is 0 Å². The smallest absolute Gasteiger partial charge is 0.261 e. The summed E-state index contributed by atoms with van der Waals surface area (Å²) in [5, 5.41) is 0. The summed E-state index contributed by atoms with van der Waals surface area (Å²) in [6.45, 7) is 1.99. The van der Waals surface area contributed by atoms with Crippen LogP contribution < -0.4 is 0 Å². The predicted molar refractivity (Wildman–Crippen MR) is 85.5 cm³/mol. The molecule has 1 N–H and O–H groups in total. The van der Waals surface area contributed by atoms with Crippen LogP contribution in [0.3, 0.4) is 0 Å². The van der Waals surface area contributed by atoms with Gasteiger partial charge >= 0.3 is 0 Å². The molecule has 0 aliphatic heterocycles. The molecule has 0 aliphatic carbocycles. The summed E-state index contributed by atoms with van der Waals surface area (Å²) in [7, 11) is -1.51. The molecule has 0 saturated carbocycles. The van der Waals surface area contributed by atoms with E-state index in [1.165, 1.54) is 11.1 Å². The molecule has 2 aromatic carbocycles. The van der Waals surface area contributed by atoms with Crippen molar-refractivity contribution in [3.8, 4) is 0 Å². The SMILES string of the molecule is CN(Cc1ccccc1)Cc1ccccc1.CS(=O)(=O)O. The molecule has 0 radical (unpaired) electrons. The standard InChI is InChI=1S/C15H17N.CH4O3S/c1-16(12-14-8-4-2-5-9-14)13-15-10-6-3-7-11-15;1-5(2,3)4/h2-11H,12-13H2,1H3;1H3,(H,2,3,4). The van der Waals surface area contributed by atoms with Crippen LogP contribution in [0.5, 0.6) is 0 Å². The first kappa shape index (κ1) is 17.4. The summed E-state index contributed by atoms with van der Waals surface area (Å²) in [6, 6.07) is 21.1. The summed E-state index contributed by atoms with van der Waals surface area (Å²) >= 11 is 0. The van der Waals surface area contributed by atoms with Gasteiger partial charge in [0.05, 0.1) is 6.26 Å². The lowest BCUT2D eigenvalue weighted by Crippen LogP contribution is -2.16. The van der Waals surface area contributed by atoms with Crippen LogP contribution in [0.15, 0.2) is 60.7 Å². The number of hydrogen-bond acceptors (Lipinski definition) is 3. The van der Waals surface area contributed by atoms with Crippen LogP contribution in [0.2, 0.25) is 0 Å². The molecule has 0 atom stereocenters. The molecule has 0 amide bonds. The van der Waals surface area contributed by atoms with E-state index in [0.717, 1.165) is 13.1 Å². The molecule has 4 nitrogen and oxygen atoms in total. The van der Waals surface area contributed by atoms with Gasteiger partial charge in [-0.15, -0.1) is 0 Å². The van der Waals surface area contributed by atoms with Crippen LogP contribution in [0.1, 0.15) is 11.1 Å². The third-order valence-electron chi connectivity index (χ3n) is 2.59. The van der Waals surface area contributed by atoms with Crippen LogP contribution in [-0.2, 0) is 23.2 Å². The zero-order valence-corrected chi connectivity index (χ0v) is 13.1. The van der Waals surface area contributed by atoms with Gasteiger partial charge in [0.2, 0.25) is 0 Å². The van der Waals surface area contributed by atoms with Crippen LogP contribution in [0.4, 0.5) is 0 Å². The molecule has 0 bridgehead atoms. The van der Waals surface area contributed by atoms with E-state index in [2.05, 4.69) is 72.6 Å². The van der Waals surface area contributed by atoms with Crippen molar-refractivity contribution in [1.29, 1.82) is 0 Å². The Bertz CT molecular complexity index is 563. The maximum atomic E-state index is 9.19. The third-order valence-corrected chi connectivity index (χ3v) is 2.59. The molecule has 0 heterocycles. The fraction of sp³-hybridized carbons (Fsp3) is 0.250. The van der Waals surface area contributed by atoms with E-state index < -0.39 is 10.1 Å². The highest BCUT2D eigenvalue weighted by Gasteiger charge is 2.00. The van der Waals surface area contributed by atoms with Crippen molar-refractivity contribution in [1.82, 2.24) is 4.90 Å². The molecular formula is C16H21NO3S. The lowest BCUT2D eigenvalue weighted by molar-refractivity contribution is 0.319. The molecule has 0 aromatic heterocycles.